The number of hydrogen-bond acceptors (Lipinski definition) is 2. The maximum atomic E-state index is 8.77. The van der Waals surface area contributed by atoms with Crippen LogP contribution in [0.2, 0.25) is 0 Å². The molecule has 1 atom stereocenters. The Balaban J connectivity index is 0.000000240. The summed E-state index contributed by atoms with van der Waals surface area (Å²) in [6, 6.07) is 0. The first kappa shape index (κ1) is 21.7. The Bertz CT molecular complexity index is 312. The Morgan fingerprint density at radius 2 is 1.46 bits per heavy atom. The molecule has 0 bridgehead atoms. The van der Waals surface area contributed by atoms with Crippen molar-refractivity contribution >= 4 is 0 Å². The lowest BCUT2D eigenvalue weighted by Crippen LogP contribution is -2.11. The normalized spacial score (nSPS) is 21.9. The summed E-state index contributed by atoms with van der Waals surface area (Å²) in [6.45, 7) is 4.97. The molecule has 142 valence electrons. The zero-order valence-corrected chi connectivity index (χ0v) is 16.3. The number of aliphatic hydroxyl groups is 2. The fourth-order valence-electron chi connectivity index (χ4n) is 4.42. The fraction of sp³-hybridized carbons (Fsp3) is 0.909. The highest BCUT2D eigenvalue weighted by Gasteiger charge is 2.16. The molecule has 24 heavy (non-hydrogen) atoms. The van der Waals surface area contributed by atoms with E-state index in [2.05, 4.69) is 13.8 Å². The standard InChI is InChI=1S/C11H22O.C11H20O/c2*1-10(7-8-12)9-11-5-3-2-4-6-11/h10-12H,2-9H2,1H3;7,11-12H,2-6,8-9H2,1H3/b;10-7+. The Hall–Kier alpha value is -0.340. The topological polar surface area (TPSA) is 40.5 Å². The average Bonchev–Trinajstić information content (AvgIpc) is 2.58. The second kappa shape index (κ2) is 13.9. The van der Waals surface area contributed by atoms with Crippen LogP contribution in [0, 0.1) is 17.8 Å². The van der Waals surface area contributed by atoms with Crippen molar-refractivity contribution in [2.45, 2.75) is 97.3 Å². The highest BCUT2D eigenvalue weighted by Crippen LogP contribution is 2.30. The van der Waals surface area contributed by atoms with Crippen LogP contribution in [0.3, 0.4) is 0 Å². The summed E-state index contributed by atoms with van der Waals surface area (Å²) in [5.74, 6) is 2.61. The van der Waals surface area contributed by atoms with Gasteiger partial charge >= 0.3 is 0 Å². The molecule has 0 radical (unpaired) electrons. The van der Waals surface area contributed by atoms with E-state index in [0.29, 0.717) is 6.61 Å². The molecule has 0 amide bonds. The van der Waals surface area contributed by atoms with Gasteiger partial charge in [0.2, 0.25) is 0 Å². The first-order valence-electron chi connectivity index (χ1n) is 10.5. The highest BCUT2D eigenvalue weighted by atomic mass is 16.3. The van der Waals surface area contributed by atoms with Crippen molar-refractivity contribution in [3.8, 4) is 0 Å². The summed E-state index contributed by atoms with van der Waals surface area (Å²) in [5, 5.41) is 17.5. The molecule has 2 nitrogen and oxygen atoms in total. The van der Waals surface area contributed by atoms with Crippen molar-refractivity contribution < 1.29 is 10.2 Å². The van der Waals surface area contributed by atoms with Crippen LogP contribution in [0.5, 0.6) is 0 Å². The number of hydrogen-bond donors (Lipinski definition) is 2. The Morgan fingerprint density at radius 3 is 1.96 bits per heavy atom. The summed E-state index contributed by atoms with van der Waals surface area (Å²) < 4.78 is 0. The minimum atomic E-state index is 0.207. The van der Waals surface area contributed by atoms with Gasteiger partial charge in [-0.2, -0.15) is 0 Å². The second-order valence-corrected chi connectivity index (χ2v) is 8.30. The van der Waals surface area contributed by atoms with Crippen LogP contribution >= 0.6 is 0 Å². The van der Waals surface area contributed by atoms with Crippen molar-refractivity contribution in [2.75, 3.05) is 13.2 Å². The molecule has 0 aromatic heterocycles. The van der Waals surface area contributed by atoms with Gasteiger partial charge in [-0.25, -0.2) is 0 Å². The van der Waals surface area contributed by atoms with Crippen LogP contribution < -0.4 is 0 Å². The molecule has 2 rings (SSSR count). The van der Waals surface area contributed by atoms with Crippen LogP contribution in [0.25, 0.3) is 0 Å². The first-order valence-corrected chi connectivity index (χ1v) is 10.5. The first-order chi connectivity index (χ1) is 11.7. The minimum Gasteiger partial charge on any atom is -0.396 e. The number of aliphatic hydroxyl groups excluding tert-OH is 2. The van der Waals surface area contributed by atoms with Gasteiger partial charge in [0.1, 0.15) is 0 Å². The summed E-state index contributed by atoms with van der Waals surface area (Å²) in [5.41, 5.74) is 1.37. The summed E-state index contributed by atoms with van der Waals surface area (Å²) >= 11 is 0. The van der Waals surface area contributed by atoms with E-state index < -0.39 is 0 Å². The van der Waals surface area contributed by atoms with Crippen LogP contribution in [0.15, 0.2) is 11.6 Å². The lowest BCUT2D eigenvalue weighted by atomic mass is 9.82. The van der Waals surface area contributed by atoms with Crippen molar-refractivity contribution in [2.24, 2.45) is 17.8 Å². The third-order valence-corrected chi connectivity index (χ3v) is 5.86. The molecule has 1 unspecified atom stereocenters. The number of allylic oxidation sites excluding steroid dienone is 1. The van der Waals surface area contributed by atoms with E-state index in [-0.39, 0.29) is 6.61 Å². The maximum absolute atomic E-state index is 8.77. The van der Waals surface area contributed by atoms with Crippen LogP contribution in [-0.2, 0) is 0 Å². The van der Waals surface area contributed by atoms with Gasteiger partial charge < -0.3 is 10.2 Å². The minimum absolute atomic E-state index is 0.207. The van der Waals surface area contributed by atoms with Gasteiger partial charge in [-0.15, -0.1) is 0 Å². The quantitative estimate of drug-likeness (QED) is 0.570. The second-order valence-electron chi connectivity index (χ2n) is 8.30. The molecule has 2 aliphatic rings. The maximum Gasteiger partial charge on any atom is 0.0614 e. The molecule has 0 heterocycles. The molecule has 0 aromatic rings. The smallest absolute Gasteiger partial charge is 0.0614 e. The molecule has 2 N–H and O–H groups in total. The molecular formula is C22H42O2. The van der Waals surface area contributed by atoms with Gasteiger partial charge in [-0.1, -0.05) is 82.8 Å². The molecular weight excluding hydrogens is 296 g/mol. The van der Waals surface area contributed by atoms with Gasteiger partial charge in [-0.05, 0) is 43.9 Å². The van der Waals surface area contributed by atoms with E-state index in [4.69, 9.17) is 10.2 Å². The van der Waals surface area contributed by atoms with Gasteiger partial charge in [0.15, 0.2) is 0 Å². The van der Waals surface area contributed by atoms with Crippen LogP contribution in [0.1, 0.15) is 97.3 Å². The Kier molecular flexibility index (Phi) is 12.6. The molecule has 2 fully saturated rings. The lowest BCUT2D eigenvalue weighted by molar-refractivity contribution is 0.230. The SMILES string of the molecule is C/C(=C\CO)CC1CCCCC1.CC(CCO)CC1CCCCC1. The third kappa shape index (κ3) is 10.5. The van der Waals surface area contributed by atoms with Gasteiger partial charge in [-0.3, -0.25) is 0 Å². The molecule has 0 spiro atoms. The molecule has 0 aromatic carbocycles. The van der Waals surface area contributed by atoms with Crippen molar-refractivity contribution in [3.63, 3.8) is 0 Å². The van der Waals surface area contributed by atoms with E-state index in [0.717, 1.165) is 24.2 Å². The predicted octanol–water partition coefficient (Wildman–Crippen LogP) is 5.87. The number of rotatable bonds is 7. The largest absolute Gasteiger partial charge is 0.396 e. The third-order valence-electron chi connectivity index (χ3n) is 5.86. The van der Waals surface area contributed by atoms with Gasteiger partial charge in [0.05, 0.1) is 6.61 Å². The predicted molar refractivity (Wildman–Crippen MR) is 104 cm³/mol. The monoisotopic (exact) mass is 338 g/mol. The Labute approximate surface area is 150 Å². The average molecular weight is 339 g/mol. The Morgan fingerprint density at radius 1 is 0.917 bits per heavy atom. The summed E-state index contributed by atoms with van der Waals surface area (Å²) in [6.07, 6.45) is 19.8. The fourth-order valence-corrected chi connectivity index (χ4v) is 4.42. The summed E-state index contributed by atoms with van der Waals surface area (Å²) in [4.78, 5) is 0. The molecule has 0 aliphatic heterocycles. The zero-order valence-electron chi connectivity index (χ0n) is 16.3. The van der Waals surface area contributed by atoms with E-state index in [9.17, 15) is 0 Å². The molecule has 0 saturated heterocycles. The van der Waals surface area contributed by atoms with E-state index in [1.165, 1.54) is 82.6 Å². The van der Waals surface area contributed by atoms with Crippen molar-refractivity contribution in [1.29, 1.82) is 0 Å². The zero-order chi connectivity index (χ0) is 17.6. The van der Waals surface area contributed by atoms with Gasteiger partial charge in [0.25, 0.3) is 0 Å². The molecule has 2 saturated carbocycles. The van der Waals surface area contributed by atoms with Gasteiger partial charge in [0, 0.05) is 6.61 Å². The summed E-state index contributed by atoms with van der Waals surface area (Å²) in [7, 11) is 0. The molecule has 2 aliphatic carbocycles. The highest BCUT2D eigenvalue weighted by molar-refractivity contribution is 4.99. The van der Waals surface area contributed by atoms with Crippen LogP contribution in [0.4, 0.5) is 0 Å². The van der Waals surface area contributed by atoms with Crippen LogP contribution in [-0.4, -0.2) is 23.4 Å². The van der Waals surface area contributed by atoms with Crippen molar-refractivity contribution in [3.05, 3.63) is 11.6 Å². The molecule has 2 heteroatoms. The lowest BCUT2D eigenvalue weighted by Gasteiger charge is -2.24. The van der Waals surface area contributed by atoms with Crippen molar-refractivity contribution in [1.82, 2.24) is 0 Å². The van der Waals surface area contributed by atoms with E-state index >= 15 is 0 Å². The van der Waals surface area contributed by atoms with E-state index in [1.54, 1.807) is 0 Å². The van der Waals surface area contributed by atoms with E-state index in [1.807, 2.05) is 6.08 Å².